The van der Waals surface area contributed by atoms with Crippen LogP contribution >= 0.6 is 0 Å². The molecule has 1 aliphatic carbocycles. The zero-order valence-electron chi connectivity index (χ0n) is 10.7. The zero-order chi connectivity index (χ0) is 12.1. The van der Waals surface area contributed by atoms with E-state index in [9.17, 15) is 0 Å². The molecule has 0 amide bonds. The summed E-state index contributed by atoms with van der Waals surface area (Å²) < 4.78 is 1.84. The predicted octanol–water partition coefficient (Wildman–Crippen LogP) is 1.73. The van der Waals surface area contributed by atoms with Gasteiger partial charge in [0.25, 0.3) is 0 Å². The minimum Gasteiger partial charge on any atom is -0.329 e. The van der Waals surface area contributed by atoms with Crippen molar-refractivity contribution in [2.75, 3.05) is 6.54 Å². The van der Waals surface area contributed by atoms with E-state index in [0.717, 1.165) is 0 Å². The van der Waals surface area contributed by atoms with Gasteiger partial charge >= 0.3 is 0 Å². The summed E-state index contributed by atoms with van der Waals surface area (Å²) in [5.74, 6) is 0. The third kappa shape index (κ3) is 3.54. The van der Waals surface area contributed by atoms with Crippen molar-refractivity contribution < 1.29 is 0 Å². The molecule has 96 valence electrons. The summed E-state index contributed by atoms with van der Waals surface area (Å²) in [6.07, 6.45) is 12.0. The first kappa shape index (κ1) is 12.6. The van der Waals surface area contributed by atoms with Gasteiger partial charge in [-0.1, -0.05) is 25.7 Å². The Labute approximate surface area is 104 Å². The van der Waals surface area contributed by atoms with Crippen LogP contribution in [0.3, 0.4) is 0 Å². The molecular weight excluding hydrogens is 212 g/mol. The number of hydrogen-bond donors (Lipinski definition) is 2. The van der Waals surface area contributed by atoms with Crippen molar-refractivity contribution in [1.29, 1.82) is 0 Å². The average Bonchev–Trinajstić information content (AvgIpc) is 2.62. The lowest BCUT2D eigenvalue weighted by molar-refractivity contribution is 0.402. The van der Waals surface area contributed by atoms with E-state index in [1.165, 1.54) is 44.1 Å². The van der Waals surface area contributed by atoms with Crippen molar-refractivity contribution in [3.8, 4) is 0 Å². The fourth-order valence-electron chi connectivity index (χ4n) is 2.65. The van der Waals surface area contributed by atoms with E-state index in [1.54, 1.807) is 0 Å². The van der Waals surface area contributed by atoms with Gasteiger partial charge in [-0.2, -0.15) is 5.10 Å². The fourth-order valence-corrected chi connectivity index (χ4v) is 2.65. The molecule has 2 rings (SSSR count). The second-order valence-electron chi connectivity index (χ2n) is 5.09. The van der Waals surface area contributed by atoms with E-state index in [2.05, 4.69) is 16.6 Å². The van der Waals surface area contributed by atoms with E-state index >= 15 is 0 Å². The van der Waals surface area contributed by atoms with Gasteiger partial charge in [-0.05, 0) is 12.8 Å². The number of nitrogens with one attached hydrogen (secondary N) is 1. The van der Waals surface area contributed by atoms with Gasteiger partial charge in [-0.15, -0.1) is 0 Å². The summed E-state index contributed by atoms with van der Waals surface area (Å²) in [7, 11) is 1.95. The Morgan fingerprint density at radius 3 is 2.65 bits per heavy atom. The number of hydrogen-bond acceptors (Lipinski definition) is 3. The smallest absolute Gasteiger partial charge is 0.0538 e. The summed E-state index contributed by atoms with van der Waals surface area (Å²) in [6, 6.07) is 0.887. The van der Waals surface area contributed by atoms with Gasteiger partial charge in [0.2, 0.25) is 0 Å². The van der Waals surface area contributed by atoms with E-state index in [1.807, 2.05) is 17.9 Å². The Bertz CT molecular complexity index is 326. The Morgan fingerprint density at radius 2 is 2.12 bits per heavy atom. The number of nitrogens with two attached hydrogens (primary N) is 1. The third-order valence-electron chi connectivity index (χ3n) is 3.65. The lowest BCUT2D eigenvalue weighted by atomic mass is 10.1. The van der Waals surface area contributed by atoms with Crippen LogP contribution < -0.4 is 11.1 Å². The van der Waals surface area contributed by atoms with E-state index in [-0.39, 0.29) is 6.04 Å². The summed E-state index contributed by atoms with van der Waals surface area (Å²) >= 11 is 0. The third-order valence-corrected chi connectivity index (χ3v) is 3.65. The van der Waals surface area contributed by atoms with Crippen molar-refractivity contribution in [3.05, 3.63) is 18.0 Å². The molecule has 0 spiro atoms. The van der Waals surface area contributed by atoms with Crippen molar-refractivity contribution in [1.82, 2.24) is 15.1 Å². The fraction of sp³-hybridized carbons (Fsp3) is 0.769. The van der Waals surface area contributed by atoms with Crippen molar-refractivity contribution in [2.45, 2.75) is 50.6 Å². The first-order chi connectivity index (χ1) is 8.29. The highest BCUT2D eigenvalue weighted by molar-refractivity contribution is 5.11. The van der Waals surface area contributed by atoms with Crippen LogP contribution in [0.1, 0.15) is 50.1 Å². The SMILES string of the molecule is Cn1cc(C(CN)NC2CCCCCC2)cn1. The molecule has 0 aliphatic heterocycles. The summed E-state index contributed by atoms with van der Waals surface area (Å²) in [5.41, 5.74) is 7.08. The standard InChI is InChI=1S/C13H24N4/c1-17-10-11(9-15-17)13(8-14)16-12-6-4-2-3-5-7-12/h9-10,12-13,16H,2-8,14H2,1H3. The lowest BCUT2D eigenvalue weighted by Crippen LogP contribution is -2.36. The monoisotopic (exact) mass is 236 g/mol. The molecule has 17 heavy (non-hydrogen) atoms. The van der Waals surface area contributed by atoms with Crippen molar-refractivity contribution >= 4 is 0 Å². The predicted molar refractivity (Wildman–Crippen MR) is 69.6 cm³/mol. The normalized spacial score (nSPS) is 20.1. The average molecular weight is 236 g/mol. The van der Waals surface area contributed by atoms with Crippen LogP contribution in [0.15, 0.2) is 12.4 Å². The van der Waals surface area contributed by atoms with Crippen molar-refractivity contribution in [3.63, 3.8) is 0 Å². The second-order valence-corrected chi connectivity index (χ2v) is 5.09. The highest BCUT2D eigenvalue weighted by Gasteiger charge is 2.18. The Hall–Kier alpha value is -0.870. The van der Waals surface area contributed by atoms with Gasteiger partial charge in [-0.3, -0.25) is 4.68 Å². The molecule has 4 nitrogen and oxygen atoms in total. The van der Waals surface area contributed by atoms with Crippen LogP contribution in [0.25, 0.3) is 0 Å². The molecule has 0 saturated heterocycles. The van der Waals surface area contributed by atoms with Crippen LogP contribution in [-0.2, 0) is 7.05 Å². The zero-order valence-corrected chi connectivity index (χ0v) is 10.7. The molecule has 1 atom stereocenters. The molecule has 1 unspecified atom stereocenters. The van der Waals surface area contributed by atoms with Gasteiger partial charge < -0.3 is 11.1 Å². The molecule has 1 heterocycles. The molecule has 1 aromatic heterocycles. The number of rotatable bonds is 4. The number of aromatic nitrogens is 2. The molecule has 1 aliphatic rings. The second kappa shape index (κ2) is 6.17. The van der Waals surface area contributed by atoms with Crippen LogP contribution in [0.4, 0.5) is 0 Å². The van der Waals surface area contributed by atoms with Crippen LogP contribution in [0.2, 0.25) is 0 Å². The molecule has 4 heteroatoms. The van der Waals surface area contributed by atoms with Gasteiger partial charge in [0.1, 0.15) is 0 Å². The minimum atomic E-state index is 0.256. The van der Waals surface area contributed by atoms with E-state index in [0.29, 0.717) is 12.6 Å². The molecule has 1 saturated carbocycles. The van der Waals surface area contributed by atoms with Gasteiger partial charge in [0.05, 0.1) is 6.20 Å². The Balaban J connectivity index is 1.94. The molecule has 0 radical (unpaired) electrons. The maximum Gasteiger partial charge on any atom is 0.0538 e. The first-order valence-corrected chi connectivity index (χ1v) is 6.74. The van der Waals surface area contributed by atoms with Crippen molar-refractivity contribution in [2.24, 2.45) is 12.8 Å². The molecule has 0 bridgehead atoms. The maximum absolute atomic E-state index is 5.87. The lowest BCUT2D eigenvalue weighted by Gasteiger charge is -2.23. The van der Waals surface area contributed by atoms with E-state index in [4.69, 9.17) is 5.73 Å². The molecule has 3 N–H and O–H groups in total. The molecule has 0 aromatic carbocycles. The summed E-state index contributed by atoms with van der Waals surface area (Å²) in [5, 5.41) is 7.92. The van der Waals surface area contributed by atoms with Gasteiger partial charge in [-0.25, -0.2) is 0 Å². The molecule has 1 fully saturated rings. The Morgan fingerprint density at radius 1 is 1.41 bits per heavy atom. The van der Waals surface area contributed by atoms with Crippen LogP contribution in [0, 0.1) is 0 Å². The topological polar surface area (TPSA) is 55.9 Å². The number of aryl methyl sites for hydroxylation is 1. The maximum atomic E-state index is 5.87. The highest BCUT2D eigenvalue weighted by Crippen LogP contribution is 2.20. The van der Waals surface area contributed by atoms with E-state index < -0.39 is 0 Å². The summed E-state index contributed by atoms with van der Waals surface area (Å²) in [6.45, 7) is 0.641. The van der Waals surface area contributed by atoms with Gasteiger partial charge in [0, 0.05) is 37.4 Å². The molecule has 1 aromatic rings. The Kier molecular flexibility index (Phi) is 4.57. The minimum absolute atomic E-state index is 0.256. The van der Waals surface area contributed by atoms with Crippen LogP contribution in [-0.4, -0.2) is 22.4 Å². The number of nitrogens with zero attached hydrogens (tertiary/aromatic N) is 2. The summed E-state index contributed by atoms with van der Waals surface area (Å²) in [4.78, 5) is 0. The first-order valence-electron chi connectivity index (χ1n) is 6.74. The van der Waals surface area contributed by atoms with Crippen LogP contribution in [0.5, 0.6) is 0 Å². The van der Waals surface area contributed by atoms with Gasteiger partial charge in [0.15, 0.2) is 0 Å². The highest BCUT2D eigenvalue weighted by atomic mass is 15.2. The largest absolute Gasteiger partial charge is 0.329 e. The quantitative estimate of drug-likeness (QED) is 0.783. The molecular formula is C13H24N4.